The van der Waals surface area contributed by atoms with Gasteiger partial charge in [0, 0.05) is 0 Å². The number of rotatable bonds is 3. The second-order valence-corrected chi connectivity index (χ2v) is 2.97. The highest BCUT2D eigenvalue weighted by Crippen LogP contribution is 2.19. The Morgan fingerprint density at radius 2 is 1.67 bits per heavy atom. The second kappa shape index (κ2) is 7.02. The maximum atomic E-state index is 9.35. The van der Waals surface area contributed by atoms with Crippen molar-refractivity contribution in [1.29, 1.82) is 0 Å². The van der Waals surface area contributed by atoms with Crippen LogP contribution in [-0.4, -0.2) is 5.11 Å². The molecule has 0 bridgehead atoms. The van der Waals surface area contributed by atoms with Gasteiger partial charge in [0.15, 0.2) is 0 Å². The van der Waals surface area contributed by atoms with Gasteiger partial charge in [0.05, 0.1) is 6.10 Å². The smallest absolute Gasteiger partial charge is 0.0762 e. The second-order valence-electron chi connectivity index (χ2n) is 2.97. The Hall–Kier alpha value is -1.34. The van der Waals surface area contributed by atoms with Crippen molar-refractivity contribution in [1.82, 2.24) is 0 Å². The number of aliphatic hydroxyl groups is 1. The van der Waals surface area contributed by atoms with Crippen LogP contribution in [0.1, 0.15) is 43.6 Å². The van der Waals surface area contributed by atoms with Gasteiger partial charge < -0.3 is 5.11 Å². The van der Waals surface area contributed by atoms with E-state index in [1.807, 2.05) is 32.0 Å². The number of aliphatic hydroxyl groups excluding tert-OH is 1. The van der Waals surface area contributed by atoms with Crippen LogP contribution in [0.5, 0.6) is 0 Å². The summed E-state index contributed by atoms with van der Waals surface area (Å²) in [7, 11) is 0. The van der Waals surface area contributed by atoms with E-state index in [0.717, 1.165) is 16.7 Å². The van der Waals surface area contributed by atoms with Crippen molar-refractivity contribution >= 4 is 12.2 Å². The molecule has 1 rings (SSSR count). The van der Waals surface area contributed by atoms with E-state index in [2.05, 4.69) is 13.2 Å². The van der Waals surface area contributed by atoms with Crippen LogP contribution >= 0.6 is 0 Å². The largest absolute Gasteiger partial charge is 0.389 e. The van der Waals surface area contributed by atoms with Crippen molar-refractivity contribution < 1.29 is 5.11 Å². The zero-order valence-corrected chi connectivity index (χ0v) is 9.83. The quantitative estimate of drug-likeness (QED) is 0.787. The van der Waals surface area contributed by atoms with Crippen LogP contribution in [0, 0.1) is 0 Å². The van der Waals surface area contributed by atoms with Crippen LogP contribution in [0.4, 0.5) is 0 Å². The first kappa shape index (κ1) is 13.7. The number of hydrogen-bond donors (Lipinski definition) is 1. The van der Waals surface area contributed by atoms with E-state index in [9.17, 15) is 5.11 Å². The Kier molecular flexibility index (Phi) is 6.39. The first-order chi connectivity index (χ1) is 7.19. The first-order valence-electron chi connectivity index (χ1n) is 5.26. The van der Waals surface area contributed by atoms with Crippen LogP contribution in [0.15, 0.2) is 31.4 Å². The Bertz CT molecular complexity index is 324. The molecule has 1 nitrogen and oxygen atoms in total. The molecule has 1 N–H and O–H groups in total. The van der Waals surface area contributed by atoms with Gasteiger partial charge in [0.2, 0.25) is 0 Å². The van der Waals surface area contributed by atoms with Crippen LogP contribution in [-0.2, 0) is 0 Å². The normalized spacial score (nSPS) is 10.9. The minimum Gasteiger partial charge on any atom is -0.389 e. The third kappa shape index (κ3) is 3.72. The zero-order valence-electron chi connectivity index (χ0n) is 9.83. The van der Waals surface area contributed by atoms with E-state index >= 15 is 0 Å². The van der Waals surface area contributed by atoms with Gasteiger partial charge in [-0.1, -0.05) is 51.3 Å². The fourth-order valence-corrected chi connectivity index (χ4v) is 1.22. The lowest BCUT2D eigenvalue weighted by Gasteiger charge is -2.07. The molecule has 0 aromatic heterocycles. The summed E-state index contributed by atoms with van der Waals surface area (Å²) in [5, 5.41) is 9.35. The number of hydrogen-bond acceptors (Lipinski definition) is 1. The predicted molar refractivity (Wildman–Crippen MR) is 68.6 cm³/mol. The molecule has 1 atom stereocenters. The van der Waals surface area contributed by atoms with Crippen molar-refractivity contribution in [3.8, 4) is 0 Å². The summed E-state index contributed by atoms with van der Waals surface area (Å²) in [6, 6.07) is 5.76. The molecule has 0 aliphatic heterocycles. The topological polar surface area (TPSA) is 20.2 Å². The van der Waals surface area contributed by atoms with Gasteiger partial charge in [0.25, 0.3) is 0 Å². The summed E-state index contributed by atoms with van der Waals surface area (Å²) in [4.78, 5) is 0. The average molecular weight is 204 g/mol. The van der Waals surface area contributed by atoms with E-state index in [1.54, 1.807) is 19.1 Å². The minimum atomic E-state index is -0.433. The fraction of sp³-hybridized carbons (Fsp3) is 0.286. The lowest BCUT2D eigenvalue weighted by atomic mass is 10.0. The Morgan fingerprint density at radius 3 is 2.07 bits per heavy atom. The van der Waals surface area contributed by atoms with Gasteiger partial charge >= 0.3 is 0 Å². The summed E-state index contributed by atoms with van der Waals surface area (Å²) >= 11 is 0. The summed E-state index contributed by atoms with van der Waals surface area (Å²) in [5.41, 5.74) is 2.95. The third-order valence-corrected chi connectivity index (χ3v) is 2.03. The van der Waals surface area contributed by atoms with Gasteiger partial charge in [-0.2, -0.15) is 0 Å². The molecule has 1 aromatic rings. The van der Waals surface area contributed by atoms with Crippen LogP contribution in [0.3, 0.4) is 0 Å². The highest BCUT2D eigenvalue weighted by Gasteiger charge is 2.02. The van der Waals surface area contributed by atoms with Gasteiger partial charge in [-0.15, -0.1) is 0 Å². The lowest BCUT2D eigenvalue weighted by Crippen LogP contribution is -1.92. The van der Waals surface area contributed by atoms with Crippen molar-refractivity contribution in [3.63, 3.8) is 0 Å². The summed E-state index contributed by atoms with van der Waals surface area (Å²) in [6.07, 6.45) is 3.11. The molecule has 0 aliphatic carbocycles. The predicted octanol–water partition coefficient (Wildman–Crippen LogP) is 4.05. The molecule has 0 aliphatic rings. The molecule has 0 radical (unpaired) electrons. The molecule has 1 unspecified atom stereocenters. The zero-order chi connectivity index (χ0) is 11.8. The van der Waals surface area contributed by atoms with Crippen molar-refractivity contribution in [2.45, 2.75) is 26.9 Å². The molecule has 1 aromatic carbocycles. The van der Waals surface area contributed by atoms with E-state index in [1.165, 1.54) is 0 Å². The Balaban J connectivity index is 0.000000921. The Morgan fingerprint density at radius 1 is 1.13 bits per heavy atom. The molecular weight excluding hydrogens is 184 g/mol. The van der Waals surface area contributed by atoms with Gasteiger partial charge in [-0.3, -0.25) is 0 Å². The summed E-state index contributed by atoms with van der Waals surface area (Å²) in [6.45, 7) is 13.2. The first-order valence-corrected chi connectivity index (χ1v) is 5.26. The lowest BCUT2D eigenvalue weighted by molar-refractivity contribution is 0.199. The molecule has 82 valence electrons. The molecule has 0 heterocycles. The highest BCUT2D eigenvalue weighted by molar-refractivity contribution is 5.64. The van der Waals surface area contributed by atoms with Crippen LogP contribution in [0.2, 0.25) is 0 Å². The molecule has 15 heavy (non-hydrogen) atoms. The van der Waals surface area contributed by atoms with E-state index in [-0.39, 0.29) is 0 Å². The minimum absolute atomic E-state index is 0.433. The van der Waals surface area contributed by atoms with Crippen LogP contribution < -0.4 is 0 Å². The third-order valence-electron chi connectivity index (χ3n) is 2.03. The average Bonchev–Trinajstić information content (AvgIpc) is 2.30. The number of benzene rings is 1. The maximum absolute atomic E-state index is 9.35. The SMILES string of the molecule is C=Cc1ccc(C(C)O)cc1C=C.CC. The standard InChI is InChI=1S/C12H14O.C2H6/c1-4-10-6-7-12(9(3)13)8-11(10)5-2;1-2/h4-9,13H,1-2H2,3H3;1-2H3. The van der Waals surface area contributed by atoms with Crippen LogP contribution in [0.25, 0.3) is 12.2 Å². The Labute approximate surface area is 92.8 Å². The summed E-state index contributed by atoms with van der Waals surface area (Å²) < 4.78 is 0. The fourth-order valence-electron chi connectivity index (χ4n) is 1.22. The van der Waals surface area contributed by atoms with E-state index in [4.69, 9.17) is 0 Å². The van der Waals surface area contributed by atoms with Gasteiger partial charge in [-0.25, -0.2) is 0 Å². The summed E-state index contributed by atoms with van der Waals surface area (Å²) in [5.74, 6) is 0. The highest BCUT2D eigenvalue weighted by atomic mass is 16.3. The van der Waals surface area contributed by atoms with E-state index < -0.39 is 6.10 Å². The molecule has 0 spiro atoms. The van der Waals surface area contributed by atoms with Crippen molar-refractivity contribution in [3.05, 3.63) is 48.0 Å². The van der Waals surface area contributed by atoms with Gasteiger partial charge in [0.1, 0.15) is 0 Å². The van der Waals surface area contributed by atoms with Gasteiger partial charge in [-0.05, 0) is 29.7 Å². The molecule has 1 heteroatoms. The molecule has 0 saturated heterocycles. The van der Waals surface area contributed by atoms with Crippen molar-refractivity contribution in [2.24, 2.45) is 0 Å². The maximum Gasteiger partial charge on any atom is 0.0762 e. The monoisotopic (exact) mass is 204 g/mol. The molecular formula is C14H20O. The molecule has 0 saturated carbocycles. The van der Waals surface area contributed by atoms with E-state index in [0.29, 0.717) is 0 Å². The molecule has 0 amide bonds. The molecule has 0 fully saturated rings. The van der Waals surface area contributed by atoms with Crippen molar-refractivity contribution in [2.75, 3.05) is 0 Å².